The van der Waals surface area contributed by atoms with Crippen molar-refractivity contribution in [3.05, 3.63) is 47.5 Å². The van der Waals surface area contributed by atoms with Crippen LogP contribution in [0.5, 0.6) is 5.75 Å². The number of nitrogens with zero attached hydrogens (tertiary/aromatic N) is 1. The highest BCUT2D eigenvalue weighted by molar-refractivity contribution is 7.86. The first-order valence-corrected chi connectivity index (χ1v) is 8.52. The Kier molecular flexibility index (Phi) is 3.41. The van der Waals surface area contributed by atoms with E-state index in [1.165, 1.54) is 0 Å². The molecule has 0 amide bonds. The lowest BCUT2D eigenvalue weighted by Crippen LogP contribution is -2.06. The predicted molar refractivity (Wildman–Crippen MR) is 84.4 cm³/mol. The molecule has 22 heavy (non-hydrogen) atoms. The van der Waals surface area contributed by atoms with Crippen LogP contribution in [0.3, 0.4) is 0 Å². The fourth-order valence-corrected chi connectivity index (χ4v) is 2.72. The molecule has 114 valence electrons. The fourth-order valence-electron chi connectivity index (χ4n) is 2.25. The molecule has 0 atom stereocenters. The van der Waals surface area contributed by atoms with Gasteiger partial charge < -0.3 is 8.60 Å². The quantitative estimate of drug-likeness (QED) is 0.692. The molecular formula is C16H15NO4S. The van der Waals surface area contributed by atoms with Crippen LogP contribution in [0.15, 0.2) is 40.8 Å². The zero-order valence-corrected chi connectivity index (χ0v) is 13.3. The largest absolute Gasteiger partial charge is 0.436 e. The Bertz CT molecular complexity index is 957. The number of oxazole rings is 1. The summed E-state index contributed by atoms with van der Waals surface area (Å²) in [5, 5.41) is 0. The Morgan fingerprint density at radius 2 is 1.91 bits per heavy atom. The normalized spacial score (nSPS) is 11.8. The van der Waals surface area contributed by atoms with Crippen molar-refractivity contribution in [2.24, 2.45) is 0 Å². The van der Waals surface area contributed by atoms with Crippen LogP contribution in [0.4, 0.5) is 0 Å². The van der Waals surface area contributed by atoms with Crippen molar-refractivity contribution >= 4 is 21.2 Å². The summed E-state index contributed by atoms with van der Waals surface area (Å²) in [6.45, 7) is 3.85. The second-order valence-corrected chi connectivity index (χ2v) is 6.80. The van der Waals surface area contributed by atoms with Crippen LogP contribution in [-0.4, -0.2) is 19.7 Å². The second-order valence-electron chi connectivity index (χ2n) is 5.23. The summed E-state index contributed by atoms with van der Waals surface area (Å²) in [4.78, 5) is 4.47. The van der Waals surface area contributed by atoms with Crippen LogP contribution < -0.4 is 4.18 Å². The summed E-state index contributed by atoms with van der Waals surface area (Å²) < 4.78 is 33.6. The minimum Gasteiger partial charge on any atom is -0.436 e. The van der Waals surface area contributed by atoms with Gasteiger partial charge in [-0.1, -0.05) is 23.8 Å². The van der Waals surface area contributed by atoms with Crippen molar-refractivity contribution in [1.82, 2.24) is 4.98 Å². The molecule has 0 saturated heterocycles. The van der Waals surface area contributed by atoms with Crippen LogP contribution in [0, 0.1) is 13.8 Å². The number of para-hydroxylation sites is 1. The van der Waals surface area contributed by atoms with E-state index in [-0.39, 0.29) is 5.75 Å². The highest BCUT2D eigenvalue weighted by Gasteiger charge is 2.17. The maximum atomic E-state index is 11.4. The Hall–Kier alpha value is -2.34. The van der Waals surface area contributed by atoms with E-state index in [9.17, 15) is 8.42 Å². The molecule has 2 aromatic carbocycles. The van der Waals surface area contributed by atoms with Gasteiger partial charge in [0, 0.05) is 0 Å². The lowest BCUT2D eigenvalue weighted by atomic mass is 10.1. The van der Waals surface area contributed by atoms with Gasteiger partial charge in [-0.25, -0.2) is 4.98 Å². The number of hydrogen-bond donors (Lipinski definition) is 0. The molecule has 0 bridgehead atoms. The van der Waals surface area contributed by atoms with Gasteiger partial charge in [-0.3, -0.25) is 0 Å². The molecule has 0 fully saturated rings. The first-order valence-electron chi connectivity index (χ1n) is 6.70. The zero-order chi connectivity index (χ0) is 15.9. The van der Waals surface area contributed by atoms with Crippen LogP contribution >= 0.6 is 0 Å². The topological polar surface area (TPSA) is 69.4 Å². The SMILES string of the molecule is Cc1ccc(OS(C)(=O)=O)c(-c2nc3c(C)cccc3o2)c1. The smallest absolute Gasteiger partial charge is 0.306 e. The maximum absolute atomic E-state index is 11.4. The highest BCUT2D eigenvalue weighted by atomic mass is 32.2. The summed E-state index contributed by atoms with van der Waals surface area (Å²) in [6.07, 6.45) is 1.01. The highest BCUT2D eigenvalue weighted by Crippen LogP contribution is 2.33. The molecule has 0 aliphatic rings. The molecule has 1 heterocycles. The molecule has 0 aliphatic carbocycles. The van der Waals surface area contributed by atoms with Gasteiger partial charge in [0.15, 0.2) is 11.3 Å². The number of aromatic nitrogens is 1. The summed E-state index contributed by atoms with van der Waals surface area (Å²) >= 11 is 0. The summed E-state index contributed by atoms with van der Waals surface area (Å²) in [5.74, 6) is 0.545. The zero-order valence-electron chi connectivity index (χ0n) is 12.5. The van der Waals surface area contributed by atoms with E-state index in [0.717, 1.165) is 22.9 Å². The van der Waals surface area contributed by atoms with Gasteiger partial charge >= 0.3 is 10.1 Å². The average Bonchev–Trinajstić information content (AvgIpc) is 2.84. The predicted octanol–water partition coefficient (Wildman–Crippen LogP) is 3.45. The molecule has 0 radical (unpaired) electrons. The van der Waals surface area contributed by atoms with E-state index in [4.69, 9.17) is 8.60 Å². The number of aryl methyl sites for hydroxylation is 2. The van der Waals surface area contributed by atoms with Crippen LogP contribution in [0.25, 0.3) is 22.6 Å². The minimum atomic E-state index is -3.63. The van der Waals surface area contributed by atoms with Crippen molar-refractivity contribution in [1.29, 1.82) is 0 Å². The lowest BCUT2D eigenvalue weighted by molar-refractivity contribution is 0.492. The van der Waals surface area contributed by atoms with Crippen LogP contribution in [-0.2, 0) is 10.1 Å². The van der Waals surface area contributed by atoms with E-state index in [1.54, 1.807) is 18.2 Å². The van der Waals surface area contributed by atoms with Crippen LogP contribution in [0.1, 0.15) is 11.1 Å². The molecule has 5 nitrogen and oxygen atoms in total. The van der Waals surface area contributed by atoms with Crippen molar-refractivity contribution in [2.75, 3.05) is 6.26 Å². The molecule has 1 aromatic heterocycles. The van der Waals surface area contributed by atoms with Crippen LogP contribution in [0.2, 0.25) is 0 Å². The Morgan fingerprint density at radius 1 is 1.14 bits per heavy atom. The molecule has 6 heteroatoms. The van der Waals surface area contributed by atoms with E-state index in [1.807, 2.05) is 32.0 Å². The monoisotopic (exact) mass is 317 g/mol. The maximum Gasteiger partial charge on any atom is 0.306 e. The van der Waals surface area contributed by atoms with E-state index in [0.29, 0.717) is 17.0 Å². The van der Waals surface area contributed by atoms with Crippen molar-refractivity contribution in [3.8, 4) is 17.2 Å². The molecule has 0 unspecified atom stereocenters. The molecule has 3 aromatic rings. The van der Waals surface area contributed by atoms with E-state index in [2.05, 4.69) is 4.98 Å². The van der Waals surface area contributed by atoms with Gasteiger partial charge in [-0.15, -0.1) is 0 Å². The van der Waals surface area contributed by atoms with Gasteiger partial charge in [0.2, 0.25) is 5.89 Å². The summed E-state index contributed by atoms with van der Waals surface area (Å²) in [5.41, 5.74) is 3.87. The lowest BCUT2D eigenvalue weighted by Gasteiger charge is -2.07. The van der Waals surface area contributed by atoms with Gasteiger partial charge in [-0.2, -0.15) is 8.42 Å². The molecule has 0 N–H and O–H groups in total. The van der Waals surface area contributed by atoms with Gasteiger partial charge in [0.05, 0.1) is 11.8 Å². The van der Waals surface area contributed by atoms with Crippen molar-refractivity contribution in [2.45, 2.75) is 13.8 Å². The molecule has 3 rings (SSSR count). The van der Waals surface area contributed by atoms with E-state index < -0.39 is 10.1 Å². The number of rotatable bonds is 3. The van der Waals surface area contributed by atoms with Gasteiger partial charge in [0.25, 0.3) is 0 Å². The molecular weight excluding hydrogens is 302 g/mol. The summed E-state index contributed by atoms with van der Waals surface area (Å²) in [6, 6.07) is 10.8. The van der Waals surface area contributed by atoms with E-state index >= 15 is 0 Å². The van der Waals surface area contributed by atoms with Crippen molar-refractivity contribution in [3.63, 3.8) is 0 Å². The second kappa shape index (κ2) is 5.14. The first-order chi connectivity index (χ1) is 10.3. The number of hydrogen-bond acceptors (Lipinski definition) is 5. The third kappa shape index (κ3) is 2.82. The van der Waals surface area contributed by atoms with Crippen molar-refractivity contribution < 1.29 is 17.0 Å². The Balaban J connectivity index is 2.20. The molecule has 0 spiro atoms. The molecule has 0 aliphatic heterocycles. The Morgan fingerprint density at radius 3 is 2.59 bits per heavy atom. The minimum absolute atomic E-state index is 0.206. The molecule has 0 saturated carbocycles. The van der Waals surface area contributed by atoms with Gasteiger partial charge in [-0.05, 0) is 37.6 Å². The number of benzene rings is 2. The summed E-state index contributed by atoms with van der Waals surface area (Å²) in [7, 11) is -3.63. The number of fused-ring (bicyclic) bond motifs is 1. The average molecular weight is 317 g/mol. The third-order valence-electron chi connectivity index (χ3n) is 3.23. The Labute approximate surface area is 128 Å². The fraction of sp³-hybridized carbons (Fsp3) is 0.188. The third-order valence-corrected chi connectivity index (χ3v) is 3.71. The standard InChI is InChI=1S/C16H15NO4S/c1-10-7-8-13(21-22(3,18)19)12(9-10)16-17-15-11(2)5-4-6-14(15)20-16/h4-9H,1-3H3. The van der Waals surface area contributed by atoms with Gasteiger partial charge in [0.1, 0.15) is 5.52 Å². The first kappa shape index (κ1) is 14.6.